The standard InChI is InChI=1S/C11H18O3/c1-8(2)7-11(10(13)14)6-4-3-5-9(11)12/h8H,3-7H2,1-2H3,(H,13,14). The molecule has 1 aliphatic carbocycles. The molecule has 0 bridgehead atoms. The van der Waals surface area contributed by atoms with Crippen LogP contribution in [0.5, 0.6) is 0 Å². The molecule has 80 valence electrons. The fourth-order valence-corrected chi connectivity index (χ4v) is 2.32. The van der Waals surface area contributed by atoms with E-state index in [0.717, 1.165) is 12.8 Å². The molecule has 0 aromatic carbocycles. The molecule has 0 amide bonds. The second-order valence-corrected chi connectivity index (χ2v) is 4.62. The van der Waals surface area contributed by atoms with Crippen molar-refractivity contribution in [3.8, 4) is 0 Å². The first-order valence-corrected chi connectivity index (χ1v) is 5.26. The lowest BCUT2D eigenvalue weighted by Crippen LogP contribution is -2.42. The van der Waals surface area contributed by atoms with Gasteiger partial charge in [0, 0.05) is 6.42 Å². The Kier molecular flexibility index (Phi) is 3.29. The fourth-order valence-electron chi connectivity index (χ4n) is 2.32. The molecule has 1 atom stereocenters. The number of aliphatic carboxylic acids is 1. The molecule has 3 nitrogen and oxygen atoms in total. The Bertz CT molecular complexity index is 245. The fraction of sp³-hybridized carbons (Fsp3) is 0.818. The molecule has 1 fully saturated rings. The van der Waals surface area contributed by atoms with Crippen molar-refractivity contribution < 1.29 is 14.7 Å². The Balaban J connectivity index is 2.89. The van der Waals surface area contributed by atoms with Gasteiger partial charge in [-0.3, -0.25) is 9.59 Å². The molecule has 0 aromatic rings. The second kappa shape index (κ2) is 4.11. The number of hydrogen-bond donors (Lipinski definition) is 1. The van der Waals surface area contributed by atoms with E-state index in [1.807, 2.05) is 13.8 Å². The van der Waals surface area contributed by atoms with Crippen LogP contribution in [0.1, 0.15) is 46.0 Å². The molecule has 0 saturated heterocycles. The molecule has 1 N–H and O–H groups in total. The van der Waals surface area contributed by atoms with Crippen LogP contribution >= 0.6 is 0 Å². The van der Waals surface area contributed by atoms with Crippen molar-refractivity contribution in [1.82, 2.24) is 0 Å². The summed E-state index contributed by atoms with van der Waals surface area (Å²) in [5.74, 6) is -0.728. The molecule has 0 aliphatic heterocycles. The Hall–Kier alpha value is -0.860. The zero-order valence-corrected chi connectivity index (χ0v) is 8.88. The maximum Gasteiger partial charge on any atom is 0.317 e. The molecule has 0 spiro atoms. The Morgan fingerprint density at radius 3 is 2.57 bits per heavy atom. The van der Waals surface area contributed by atoms with Crippen LogP contribution in [-0.4, -0.2) is 16.9 Å². The van der Waals surface area contributed by atoms with Crippen LogP contribution < -0.4 is 0 Å². The monoisotopic (exact) mass is 198 g/mol. The minimum Gasteiger partial charge on any atom is -0.480 e. The number of rotatable bonds is 3. The molecule has 1 saturated carbocycles. The highest BCUT2D eigenvalue weighted by atomic mass is 16.4. The van der Waals surface area contributed by atoms with Gasteiger partial charge in [-0.25, -0.2) is 0 Å². The summed E-state index contributed by atoms with van der Waals surface area (Å²) in [5, 5.41) is 9.19. The maximum atomic E-state index is 11.7. The van der Waals surface area contributed by atoms with E-state index in [-0.39, 0.29) is 11.7 Å². The highest BCUT2D eigenvalue weighted by Crippen LogP contribution is 2.39. The molecule has 3 heteroatoms. The summed E-state index contributed by atoms with van der Waals surface area (Å²) < 4.78 is 0. The van der Waals surface area contributed by atoms with Crippen LogP contribution in [0.15, 0.2) is 0 Å². The van der Waals surface area contributed by atoms with Crippen molar-refractivity contribution in [2.24, 2.45) is 11.3 Å². The van der Waals surface area contributed by atoms with E-state index < -0.39 is 11.4 Å². The highest BCUT2D eigenvalue weighted by Gasteiger charge is 2.46. The Morgan fingerprint density at radius 1 is 1.50 bits per heavy atom. The van der Waals surface area contributed by atoms with Crippen LogP contribution in [0.2, 0.25) is 0 Å². The summed E-state index contributed by atoms with van der Waals surface area (Å²) >= 11 is 0. The van der Waals surface area contributed by atoms with E-state index >= 15 is 0 Å². The minimum atomic E-state index is -1.06. The Labute approximate surface area is 84.5 Å². The third-order valence-electron chi connectivity index (χ3n) is 2.96. The van der Waals surface area contributed by atoms with E-state index in [1.54, 1.807) is 0 Å². The van der Waals surface area contributed by atoms with Gasteiger partial charge in [0.05, 0.1) is 0 Å². The first kappa shape index (κ1) is 11.2. The van der Waals surface area contributed by atoms with E-state index in [9.17, 15) is 14.7 Å². The van der Waals surface area contributed by atoms with Gasteiger partial charge in [0.1, 0.15) is 11.2 Å². The van der Waals surface area contributed by atoms with Crippen LogP contribution in [0.3, 0.4) is 0 Å². The van der Waals surface area contributed by atoms with Crippen molar-refractivity contribution >= 4 is 11.8 Å². The molecule has 1 unspecified atom stereocenters. The van der Waals surface area contributed by atoms with Crippen LogP contribution in [0.4, 0.5) is 0 Å². The zero-order chi connectivity index (χ0) is 10.8. The molecule has 0 radical (unpaired) electrons. The average molecular weight is 198 g/mol. The van der Waals surface area contributed by atoms with Gasteiger partial charge >= 0.3 is 5.97 Å². The van der Waals surface area contributed by atoms with E-state index in [4.69, 9.17) is 0 Å². The lowest BCUT2D eigenvalue weighted by atomic mass is 9.68. The third kappa shape index (κ3) is 1.97. The molecule has 1 rings (SSSR count). The van der Waals surface area contributed by atoms with Gasteiger partial charge < -0.3 is 5.11 Å². The number of ketones is 1. The highest BCUT2D eigenvalue weighted by molar-refractivity contribution is 6.03. The molecular weight excluding hydrogens is 180 g/mol. The molecule has 0 heterocycles. The third-order valence-corrected chi connectivity index (χ3v) is 2.96. The van der Waals surface area contributed by atoms with E-state index in [1.165, 1.54) is 0 Å². The van der Waals surface area contributed by atoms with Gasteiger partial charge in [0.25, 0.3) is 0 Å². The van der Waals surface area contributed by atoms with Crippen LogP contribution in [-0.2, 0) is 9.59 Å². The smallest absolute Gasteiger partial charge is 0.317 e. The number of carboxylic acid groups (broad SMARTS) is 1. The predicted octanol–water partition coefficient (Wildman–Crippen LogP) is 2.25. The molecular formula is C11H18O3. The summed E-state index contributed by atoms with van der Waals surface area (Å²) in [6.07, 6.45) is 3.18. The van der Waals surface area contributed by atoms with Gasteiger partial charge in [-0.05, 0) is 25.2 Å². The topological polar surface area (TPSA) is 54.4 Å². The van der Waals surface area contributed by atoms with Crippen molar-refractivity contribution in [1.29, 1.82) is 0 Å². The van der Waals surface area contributed by atoms with Gasteiger partial charge in [-0.15, -0.1) is 0 Å². The van der Waals surface area contributed by atoms with Crippen molar-refractivity contribution in [2.45, 2.75) is 46.0 Å². The Morgan fingerprint density at radius 2 is 2.14 bits per heavy atom. The number of carbonyl (C=O) groups is 2. The summed E-state index contributed by atoms with van der Waals surface area (Å²) in [6, 6.07) is 0. The second-order valence-electron chi connectivity index (χ2n) is 4.62. The number of carboxylic acids is 1. The van der Waals surface area contributed by atoms with Gasteiger partial charge in [0.15, 0.2) is 0 Å². The molecule has 14 heavy (non-hydrogen) atoms. The van der Waals surface area contributed by atoms with Gasteiger partial charge in [-0.1, -0.05) is 20.3 Å². The molecule has 0 aromatic heterocycles. The summed E-state index contributed by atoms with van der Waals surface area (Å²) in [6.45, 7) is 3.93. The summed E-state index contributed by atoms with van der Waals surface area (Å²) in [5.41, 5.74) is -1.06. The van der Waals surface area contributed by atoms with Crippen LogP contribution in [0, 0.1) is 11.3 Å². The maximum absolute atomic E-state index is 11.7. The van der Waals surface area contributed by atoms with E-state index in [0.29, 0.717) is 19.3 Å². The van der Waals surface area contributed by atoms with Gasteiger partial charge in [0.2, 0.25) is 0 Å². The molecule has 1 aliphatic rings. The predicted molar refractivity (Wildman–Crippen MR) is 53.0 cm³/mol. The number of Topliss-reactive ketones (excluding diaryl/α,β-unsaturated/α-hetero) is 1. The van der Waals surface area contributed by atoms with Crippen molar-refractivity contribution in [3.05, 3.63) is 0 Å². The van der Waals surface area contributed by atoms with Crippen molar-refractivity contribution in [3.63, 3.8) is 0 Å². The van der Waals surface area contributed by atoms with Gasteiger partial charge in [-0.2, -0.15) is 0 Å². The normalized spacial score (nSPS) is 28.1. The van der Waals surface area contributed by atoms with E-state index in [2.05, 4.69) is 0 Å². The quantitative estimate of drug-likeness (QED) is 0.707. The number of hydrogen-bond acceptors (Lipinski definition) is 2. The first-order chi connectivity index (χ1) is 6.49. The lowest BCUT2D eigenvalue weighted by Gasteiger charge is -2.32. The average Bonchev–Trinajstić information content (AvgIpc) is 2.08. The number of carbonyl (C=O) groups excluding carboxylic acids is 1. The zero-order valence-electron chi connectivity index (χ0n) is 8.88. The summed E-state index contributed by atoms with van der Waals surface area (Å²) in [4.78, 5) is 22.9. The van der Waals surface area contributed by atoms with Crippen LogP contribution in [0.25, 0.3) is 0 Å². The van der Waals surface area contributed by atoms with Crippen molar-refractivity contribution in [2.75, 3.05) is 0 Å². The lowest BCUT2D eigenvalue weighted by molar-refractivity contribution is -0.158. The SMILES string of the molecule is CC(C)CC1(C(=O)O)CCCCC1=O. The minimum absolute atomic E-state index is 0.0649. The summed E-state index contributed by atoms with van der Waals surface area (Å²) in [7, 11) is 0. The first-order valence-electron chi connectivity index (χ1n) is 5.26. The largest absolute Gasteiger partial charge is 0.480 e.